The van der Waals surface area contributed by atoms with Crippen molar-refractivity contribution in [3.8, 4) is 11.1 Å². The minimum Gasteiger partial charge on any atom is -0.444 e. The number of fused-ring (bicyclic) bond motifs is 2. The summed E-state index contributed by atoms with van der Waals surface area (Å²) in [4.78, 5) is 15.6. The van der Waals surface area contributed by atoms with Crippen LogP contribution >= 0.6 is 0 Å². The van der Waals surface area contributed by atoms with E-state index in [1.165, 1.54) is 0 Å². The maximum absolute atomic E-state index is 13.7. The zero-order chi connectivity index (χ0) is 26.9. The van der Waals surface area contributed by atoms with Gasteiger partial charge < -0.3 is 15.0 Å². The van der Waals surface area contributed by atoms with Gasteiger partial charge in [-0.1, -0.05) is 60.7 Å². The van der Waals surface area contributed by atoms with Crippen molar-refractivity contribution >= 4 is 37.6 Å². The van der Waals surface area contributed by atoms with Crippen LogP contribution in [-0.2, 0) is 21.0 Å². The number of carbonyl (C=O) groups excluding carboxylic acids is 1. The number of benzene rings is 4. The number of hydrogen-bond acceptors (Lipinski definition) is 4. The number of amides is 1. The van der Waals surface area contributed by atoms with Gasteiger partial charge in [0, 0.05) is 17.4 Å². The van der Waals surface area contributed by atoms with Crippen LogP contribution in [0.25, 0.3) is 32.8 Å². The molecule has 7 heteroatoms. The number of rotatable bonds is 6. The fourth-order valence-electron chi connectivity index (χ4n) is 4.57. The summed E-state index contributed by atoms with van der Waals surface area (Å²) in [5.74, 6) is 0. The number of aromatic amines is 1. The van der Waals surface area contributed by atoms with Crippen molar-refractivity contribution in [2.45, 2.75) is 42.7 Å². The topological polar surface area (TPSA) is 88.3 Å². The number of sulfone groups is 1. The summed E-state index contributed by atoms with van der Waals surface area (Å²) >= 11 is 0. The molecule has 0 saturated heterocycles. The highest BCUT2D eigenvalue weighted by Gasteiger charge is 2.26. The van der Waals surface area contributed by atoms with E-state index in [0.717, 1.165) is 32.8 Å². The predicted octanol–water partition coefficient (Wildman–Crippen LogP) is 6.89. The number of carbonyl (C=O) groups is 1. The lowest BCUT2D eigenvalue weighted by Gasteiger charge is -2.19. The Bertz CT molecular complexity index is 1730. The molecule has 0 aliphatic heterocycles. The molecular formula is C31H30N2O4S. The van der Waals surface area contributed by atoms with E-state index in [0.29, 0.717) is 12.0 Å². The van der Waals surface area contributed by atoms with E-state index in [2.05, 4.69) is 40.6 Å². The standard InChI is InChI=1S/C31H30N2O4S/c1-31(2,3)37-30(34)32-18-17-26-27-20-24(23-14-13-21-9-7-8-10-22(21)19-23)15-16-28(27)33-29(26)38(35,36)25-11-5-4-6-12-25/h4-16,19-20,33H,17-18H2,1-3H3,(H,32,34). The Morgan fingerprint density at radius 2 is 1.50 bits per heavy atom. The number of ether oxygens (including phenoxy) is 1. The van der Waals surface area contributed by atoms with E-state index in [1.807, 2.05) is 30.3 Å². The summed E-state index contributed by atoms with van der Waals surface area (Å²) < 4.78 is 32.7. The van der Waals surface area contributed by atoms with Gasteiger partial charge in [-0.05, 0) is 85.0 Å². The predicted molar refractivity (Wildman–Crippen MR) is 151 cm³/mol. The summed E-state index contributed by atoms with van der Waals surface area (Å²) in [6, 6.07) is 28.8. The lowest BCUT2D eigenvalue weighted by Crippen LogP contribution is -2.33. The average Bonchev–Trinajstić information content (AvgIpc) is 3.26. The maximum Gasteiger partial charge on any atom is 0.407 e. The van der Waals surface area contributed by atoms with Crippen molar-refractivity contribution in [1.82, 2.24) is 10.3 Å². The Morgan fingerprint density at radius 1 is 0.842 bits per heavy atom. The van der Waals surface area contributed by atoms with Crippen LogP contribution in [0.3, 0.4) is 0 Å². The van der Waals surface area contributed by atoms with E-state index >= 15 is 0 Å². The third-order valence-corrected chi connectivity index (χ3v) is 8.09. The van der Waals surface area contributed by atoms with Gasteiger partial charge >= 0.3 is 6.09 Å². The molecule has 5 rings (SSSR count). The highest BCUT2D eigenvalue weighted by Crippen LogP contribution is 2.34. The third-order valence-electron chi connectivity index (χ3n) is 6.32. The molecule has 0 aliphatic carbocycles. The van der Waals surface area contributed by atoms with Crippen molar-refractivity contribution in [2.75, 3.05) is 6.54 Å². The molecule has 0 atom stereocenters. The van der Waals surface area contributed by atoms with Crippen molar-refractivity contribution in [2.24, 2.45) is 0 Å². The molecule has 4 aromatic carbocycles. The molecule has 6 nitrogen and oxygen atoms in total. The van der Waals surface area contributed by atoms with Gasteiger partial charge in [-0.3, -0.25) is 0 Å². The molecule has 0 unspecified atom stereocenters. The molecule has 0 spiro atoms. The molecule has 0 radical (unpaired) electrons. The molecule has 2 N–H and O–H groups in total. The Labute approximate surface area is 222 Å². The summed E-state index contributed by atoms with van der Waals surface area (Å²) in [5.41, 5.74) is 2.74. The molecule has 5 aromatic rings. The SMILES string of the molecule is CC(C)(C)OC(=O)NCCc1c(S(=O)(=O)c2ccccc2)[nH]c2ccc(-c3ccc4ccccc4c3)cc12. The first-order chi connectivity index (χ1) is 18.1. The molecular weight excluding hydrogens is 496 g/mol. The average molecular weight is 527 g/mol. The quantitative estimate of drug-likeness (QED) is 0.252. The Morgan fingerprint density at radius 3 is 2.24 bits per heavy atom. The molecule has 0 aliphatic rings. The number of H-pyrrole nitrogens is 1. The monoisotopic (exact) mass is 526 g/mol. The van der Waals surface area contributed by atoms with Crippen LogP contribution in [0, 0.1) is 0 Å². The van der Waals surface area contributed by atoms with Gasteiger partial charge in [-0.2, -0.15) is 0 Å². The minimum absolute atomic E-state index is 0.139. The first kappa shape index (κ1) is 25.5. The van der Waals surface area contributed by atoms with Crippen LogP contribution in [0.5, 0.6) is 0 Å². The second-order valence-electron chi connectivity index (χ2n) is 10.3. The molecule has 0 saturated carbocycles. The molecule has 1 amide bonds. The zero-order valence-corrected chi connectivity index (χ0v) is 22.4. The minimum atomic E-state index is -3.82. The first-order valence-corrected chi connectivity index (χ1v) is 14.0. The molecule has 1 heterocycles. The van der Waals surface area contributed by atoms with Gasteiger partial charge in [0.15, 0.2) is 0 Å². The summed E-state index contributed by atoms with van der Waals surface area (Å²) in [6.45, 7) is 5.61. The second-order valence-corrected chi connectivity index (χ2v) is 12.1. The summed E-state index contributed by atoms with van der Waals surface area (Å²) in [7, 11) is -3.82. The van der Waals surface area contributed by atoms with Crippen molar-refractivity contribution in [3.63, 3.8) is 0 Å². The second kappa shape index (κ2) is 9.99. The maximum atomic E-state index is 13.7. The van der Waals surface area contributed by atoms with Crippen LogP contribution in [0.2, 0.25) is 0 Å². The lowest BCUT2D eigenvalue weighted by atomic mass is 9.99. The lowest BCUT2D eigenvalue weighted by molar-refractivity contribution is 0.0528. The number of alkyl carbamates (subject to hydrolysis) is 1. The Kier molecular flexibility index (Phi) is 6.71. The fraction of sp³-hybridized carbons (Fsp3) is 0.194. The molecule has 38 heavy (non-hydrogen) atoms. The van der Waals surface area contributed by atoms with E-state index in [-0.39, 0.29) is 16.5 Å². The summed E-state index contributed by atoms with van der Waals surface area (Å²) in [5, 5.41) is 5.99. The molecule has 194 valence electrons. The van der Waals surface area contributed by atoms with E-state index in [9.17, 15) is 13.2 Å². The summed E-state index contributed by atoms with van der Waals surface area (Å²) in [6.07, 6.45) is -0.233. The number of aromatic nitrogens is 1. The van der Waals surface area contributed by atoms with Gasteiger partial charge in [-0.25, -0.2) is 13.2 Å². The van der Waals surface area contributed by atoms with Crippen molar-refractivity contribution < 1.29 is 17.9 Å². The van der Waals surface area contributed by atoms with Gasteiger partial charge in [0.25, 0.3) is 0 Å². The van der Waals surface area contributed by atoms with Crippen LogP contribution in [0.15, 0.2) is 101 Å². The smallest absolute Gasteiger partial charge is 0.407 e. The normalized spacial score (nSPS) is 12.1. The molecule has 1 aromatic heterocycles. The largest absolute Gasteiger partial charge is 0.444 e. The molecule has 0 bridgehead atoms. The van der Waals surface area contributed by atoms with Crippen LogP contribution in [0.4, 0.5) is 4.79 Å². The Balaban J connectivity index is 1.57. The van der Waals surface area contributed by atoms with Crippen molar-refractivity contribution in [3.05, 3.63) is 96.6 Å². The first-order valence-electron chi connectivity index (χ1n) is 12.5. The number of hydrogen-bond donors (Lipinski definition) is 2. The van der Waals surface area contributed by atoms with Gasteiger partial charge in [0.1, 0.15) is 10.6 Å². The van der Waals surface area contributed by atoms with E-state index in [1.54, 1.807) is 51.1 Å². The van der Waals surface area contributed by atoms with E-state index < -0.39 is 21.5 Å². The molecule has 0 fully saturated rings. The fourth-order valence-corrected chi connectivity index (χ4v) is 6.10. The zero-order valence-electron chi connectivity index (χ0n) is 21.6. The van der Waals surface area contributed by atoms with E-state index in [4.69, 9.17) is 4.74 Å². The third kappa shape index (κ3) is 5.29. The van der Waals surface area contributed by atoms with Gasteiger partial charge in [0.05, 0.1) is 4.90 Å². The van der Waals surface area contributed by atoms with Crippen LogP contribution in [0.1, 0.15) is 26.3 Å². The highest BCUT2D eigenvalue weighted by molar-refractivity contribution is 7.91. The Hall–Kier alpha value is -4.10. The highest BCUT2D eigenvalue weighted by atomic mass is 32.2. The van der Waals surface area contributed by atoms with Crippen LogP contribution < -0.4 is 5.32 Å². The van der Waals surface area contributed by atoms with Gasteiger partial charge in [0.2, 0.25) is 9.84 Å². The van der Waals surface area contributed by atoms with Crippen LogP contribution in [-0.4, -0.2) is 31.6 Å². The van der Waals surface area contributed by atoms with Crippen molar-refractivity contribution in [1.29, 1.82) is 0 Å². The van der Waals surface area contributed by atoms with Gasteiger partial charge in [-0.15, -0.1) is 0 Å². The number of nitrogens with one attached hydrogen (secondary N) is 2.